The second-order valence-electron chi connectivity index (χ2n) is 3.62. The number of nitrogen functional groups attached to an aromatic ring is 1. The van der Waals surface area contributed by atoms with E-state index >= 15 is 0 Å². The summed E-state index contributed by atoms with van der Waals surface area (Å²) in [5.74, 6) is 1.58. The molecule has 0 aliphatic carbocycles. The number of nitrogens with two attached hydrogens (primary N) is 1. The van der Waals surface area contributed by atoms with Gasteiger partial charge < -0.3 is 15.2 Å². The van der Waals surface area contributed by atoms with Crippen molar-refractivity contribution in [3.05, 3.63) is 11.9 Å². The molecule has 15 heavy (non-hydrogen) atoms. The summed E-state index contributed by atoms with van der Waals surface area (Å²) < 4.78 is 10.9. The normalized spacial score (nSPS) is 20.5. The van der Waals surface area contributed by atoms with Gasteiger partial charge in [0.05, 0.1) is 6.10 Å². The first-order chi connectivity index (χ1) is 7.24. The van der Waals surface area contributed by atoms with E-state index in [1.807, 2.05) is 0 Å². The molecule has 0 saturated carbocycles. The first kappa shape index (κ1) is 10.2. The predicted molar refractivity (Wildman–Crippen MR) is 55.7 cm³/mol. The van der Waals surface area contributed by atoms with Crippen LogP contribution in [0.3, 0.4) is 0 Å². The minimum absolute atomic E-state index is 0.196. The van der Waals surface area contributed by atoms with Gasteiger partial charge in [-0.15, -0.1) is 0 Å². The van der Waals surface area contributed by atoms with Crippen LogP contribution in [-0.4, -0.2) is 29.3 Å². The van der Waals surface area contributed by atoms with Gasteiger partial charge in [0.2, 0.25) is 5.88 Å². The third-order valence-electron chi connectivity index (χ3n) is 2.28. The van der Waals surface area contributed by atoms with Gasteiger partial charge in [0, 0.05) is 12.7 Å². The van der Waals surface area contributed by atoms with Crippen LogP contribution >= 0.6 is 0 Å². The van der Waals surface area contributed by atoms with Crippen molar-refractivity contribution in [1.82, 2.24) is 9.97 Å². The van der Waals surface area contributed by atoms with Crippen LogP contribution in [0.25, 0.3) is 0 Å². The largest absolute Gasteiger partial charge is 0.475 e. The van der Waals surface area contributed by atoms with E-state index in [9.17, 15) is 0 Å². The van der Waals surface area contributed by atoms with E-state index in [-0.39, 0.29) is 6.10 Å². The SMILES string of the molecule is Cc1nc(N)cc(OCC2CCCO2)n1. The van der Waals surface area contributed by atoms with Crippen LogP contribution in [0.2, 0.25) is 0 Å². The molecule has 0 bridgehead atoms. The standard InChI is InChI=1S/C10H15N3O2/c1-7-12-9(11)5-10(13-7)15-6-8-3-2-4-14-8/h5,8H,2-4,6H2,1H3,(H2,11,12,13). The van der Waals surface area contributed by atoms with E-state index in [1.165, 1.54) is 0 Å². The summed E-state index contributed by atoms with van der Waals surface area (Å²) in [7, 11) is 0. The number of rotatable bonds is 3. The second-order valence-corrected chi connectivity index (χ2v) is 3.62. The van der Waals surface area contributed by atoms with Gasteiger partial charge in [0.15, 0.2) is 0 Å². The Morgan fingerprint density at radius 1 is 1.60 bits per heavy atom. The highest BCUT2D eigenvalue weighted by Crippen LogP contribution is 2.15. The van der Waals surface area contributed by atoms with Gasteiger partial charge in [0.1, 0.15) is 18.2 Å². The summed E-state index contributed by atoms with van der Waals surface area (Å²) in [6, 6.07) is 1.63. The first-order valence-electron chi connectivity index (χ1n) is 5.09. The van der Waals surface area contributed by atoms with Crippen LogP contribution in [0.4, 0.5) is 5.82 Å². The third kappa shape index (κ3) is 2.79. The molecule has 0 aromatic carbocycles. The molecule has 1 fully saturated rings. The van der Waals surface area contributed by atoms with Crippen molar-refractivity contribution in [3.63, 3.8) is 0 Å². The minimum Gasteiger partial charge on any atom is -0.475 e. The lowest BCUT2D eigenvalue weighted by Gasteiger charge is -2.10. The molecule has 5 nitrogen and oxygen atoms in total. The Morgan fingerprint density at radius 3 is 3.13 bits per heavy atom. The van der Waals surface area contributed by atoms with Gasteiger partial charge >= 0.3 is 0 Å². The Morgan fingerprint density at radius 2 is 2.47 bits per heavy atom. The fourth-order valence-corrected chi connectivity index (χ4v) is 1.59. The molecule has 1 aromatic heterocycles. The van der Waals surface area contributed by atoms with Crippen molar-refractivity contribution in [2.75, 3.05) is 18.9 Å². The van der Waals surface area contributed by atoms with E-state index in [2.05, 4.69) is 9.97 Å². The van der Waals surface area contributed by atoms with E-state index in [1.54, 1.807) is 13.0 Å². The average Bonchev–Trinajstić information content (AvgIpc) is 2.65. The molecular formula is C10H15N3O2. The summed E-state index contributed by atoms with van der Waals surface area (Å²) in [4.78, 5) is 8.10. The van der Waals surface area contributed by atoms with Crippen LogP contribution < -0.4 is 10.5 Å². The number of nitrogens with zero attached hydrogens (tertiary/aromatic N) is 2. The summed E-state index contributed by atoms with van der Waals surface area (Å²) in [6.45, 7) is 3.16. The fourth-order valence-electron chi connectivity index (χ4n) is 1.59. The minimum atomic E-state index is 0.196. The number of aromatic nitrogens is 2. The third-order valence-corrected chi connectivity index (χ3v) is 2.28. The van der Waals surface area contributed by atoms with Crippen molar-refractivity contribution >= 4 is 5.82 Å². The van der Waals surface area contributed by atoms with Crippen LogP contribution in [0, 0.1) is 6.92 Å². The van der Waals surface area contributed by atoms with E-state index in [0.29, 0.717) is 24.1 Å². The van der Waals surface area contributed by atoms with Crippen LogP contribution in [0.15, 0.2) is 6.07 Å². The number of hydrogen-bond donors (Lipinski definition) is 1. The number of aryl methyl sites for hydroxylation is 1. The number of ether oxygens (including phenoxy) is 2. The molecular weight excluding hydrogens is 194 g/mol. The molecule has 1 aliphatic heterocycles. The van der Waals surface area contributed by atoms with Crippen molar-refractivity contribution in [2.45, 2.75) is 25.9 Å². The summed E-state index contributed by atoms with van der Waals surface area (Å²) in [5.41, 5.74) is 5.58. The van der Waals surface area contributed by atoms with Crippen LogP contribution in [-0.2, 0) is 4.74 Å². The van der Waals surface area contributed by atoms with Crippen molar-refractivity contribution in [2.24, 2.45) is 0 Å². The zero-order chi connectivity index (χ0) is 10.7. The van der Waals surface area contributed by atoms with Gasteiger partial charge in [-0.1, -0.05) is 0 Å². The van der Waals surface area contributed by atoms with Crippen LogP contribution in [0.1, 0.15) is 18.7 Å². The molecule has 1 atom stereocenters. The molecule has 0 radical (unpaired) electrons. The quantitative estimate of drug-likeness (QED) is 0.801. The maximum atomic E-state index is 5.58. The molecule has 2 heterocycles. The zero-order valence-electron chi connectivity index (χ0n) is 8.77. The molecule has 1 aliphatic rings. The monoisotopic (exact) mass is 209 g/mol. The van der Waals surface area contributed by atoms with Crippen molar-refractivity contribution in [3.8, 4) is 5.88 Å². The van der Waals surface area contributed by atoms with E-state index in [0.717, 1.165) is 19.4 Å². The van der Waals surface area contributed by atoms with Crippen molar-refractivity contribution < 1.29 is 9.47 Å². The summed E-state index contributed by atoms with van der Waals surface area (Å²) in [5, 5.41) is 0. The molecule has 1 aromatic rings. The Bertz CT molecular complexity index is 317. The Balaban J connectivity index is 1.92. The van der Waals surface area contributed by atoms with Gasteiger partial charge in [-0.3, -0.25) is 0 Å². The zero-order valence-corrected chi connectivity index (χ0v) is 8.77. The molecule has 5 heteroatoms. The van der Waals surface area contributed by atoms with E-state index in [4.69, 9.17) is 15.2 Å². The highest BCUT2D eigenvalue weighted by Gasteiger charge is 2.16. The topological polar surface area (TPSA) is 70.3 Å². The molecule has 0 amide bonds. The predicted octanol–water partition coefficient (Wildman–Crippen LogP) is 0.925. The fraction of sp³-hybridized carbons (Fsp3) is 0.600. The highest BCUT2D eigenvalue weighted by atomic mass is 16.5. The first-order valence-corrected chi connectivity index (χ1v) is 5.09. The highest BCUT2D eigenvalue weighted by molar-refractivity contribution is 5.32. The molecule has 82 valence electrons. The maximum Gasteiger partial charge on any atom is 0.218 e. The number of anilines is 1. The lowest BCUT2D eigenvalue weighted by atomic mass is 10.2. The van der Waals surface area contributed by atoms with Crippen molar-refractivity contribution in [1.29, 1.82) is 0 Å². The Labute approximate surface area is 88.6 Å². The molecule has 1 unspecified atom stereocenters. The van der Waals surface area contributed by atoms with Gasteiger partial charge in [-0.05, 0) is 19.8 Å². The maximum absolute atomic E-state index is 5.58. The second kappa shape index (κ2) is 4.44. The summed E-state index contributed by atoms with van der Waals surface area (Å²) in [6.07, 6.45) is 2.36. The molecule has 0 spiro atoms. The van der Waals surface area contributed by atoms with E-state index < -0.39 is 0 Å². The van der Waals surface area contributed by atoms with Gasteiger partial charge in [-0.2, -0.15) is 4.98 Å². The molecule has 1 saturated heterocycles. The number of hydrogen-bond acceptors (Lipinski definition) is 5. The molecule has 2 rings (SSSR count). The molecule has 2 N–H and O–H groups in total. The Hall–Kier alpha value is -1.36. The lowest BCUT2D eigenvalue weighted by Crippen LogP contribution is -2.17. The lowest BCUT2D eigenvalue weighted by molar-refractivity contribution is 0.0662. The van der Waals surface area contributed by atoms with Gasteiger partial charge in [0.25, 0.3) is 0 Å². The Kier molecular flexibility index (Phi) is 3.01. The van der Waals surface area contributed by atoms with Crippen LogP contribution in [0.5, 0.6) is 5.88 Å². The summed E-state index contributed by atoms with van der Waals surface area (Å²) >= 11 is 0. The van der Waals surface area contributed by atoms with Gasteiger partial charge in [-0.25, -0.2) is 4.98 Å². The average molecular weight is 209 g/mol. The smallest absolute Gasteiger partial charge is 0.218 e.